The molecule has 0 spiro atoms. The molecular weight excluding hydrogens is 315 g/mol. The summed E-state index contributed by atoms with van der Waals surface area (Å²) in [7, 11) is 0. The first-order valence-electron chi connectivity index (χ1n) is 6.25. The average Bonchev–Trinajstić information content (AvgIpc) is 2.85. The maximum atomic E-state index is 12.9. The van der Waals surface area contributed by atoms with Crippen molar-refractivity contribution >= 4 is 35.0 Å². The Morgan fingerprint density at radius 2 is 2.29 bits per heavy atom. The second-order valence-electron chi connectivity index (χ2n) is 4.50. The molecular formula is C14H14ClFN2O2S. The normalized spacial score (nSPS) is 12.2. The van der Waals surface area contributed by atoms with Gasteiger partial charge in [-0.15, -0.1) is 11.8 Å². The van der Waals surface area contributed by atoms with Crippen LogP contribution >= 0.6 is 23.4 Å². The summed E-state index contributed by atoms with van der Waals surface area (Å²) in [5.74, 6) is 0.620. The molecule has 0 fully saturated rings. The van der Waals surface area contributed by atoms with Crippen molar-refractivity contribution in [3.63, 3.8) is 0 Å². The van der Waals surface area contributed by atoms with E-state index in [1.807, 2.05) is 13.0 Å². The highest BCUT2D eigenvalue weighted by Crippen LogP contribution is 2.24. The third-order valence-electron chi connectivity index (χ3n) is 2.71. The van der Waals surface area contributed by atoms with Crippen molar-refractivity contribution in [3.05, 3.63) is 46.6 Å². The zero-order valence-electron chi connectivity index (χ0n) is 11.5. The fourth-order valence-electron chi connectivity index (χ4n) is 1.59. The molecule has 0 saturated heterocycles. The van der Waals surface area contributed by atoms with Crippen LogP contribution in [0.15, 0.2) is 28.8 Å². The Kier molecular flexibility index (Phi) is 5.25. The number of nitrogens with one attached hydrogen (secondary N) is 1. The third kappa shape index (κ3) is 4.47. The lowest BCUT2D eigenvalue weighted by atomic mass is 10.3. The summed E-state index contributed by atoms with van der Waals surface area (Å²) < 4.78 is 18.0. The third-order valence-corrected chi connectivity index (χ3v) is 4.19. The first-order chi connectivity index (χ1) is 9.95. The molecule has 1 aromatic carbocycles. The number of halogens is 2. The molecule has 2 rings (SSSR count). The average molecular weight is 329 g/mol. The Balaban J connectivity index is 1.90. The summed E-state index contributed by atoms with van der Waals surface area (Å²) >= 11 is 7.29. The fraction of sp³-hybridized carbons (Fsp3) is 0.286. The number of benzene rings is 1. The molecule has 0 saturated carbocycles. The van der Waals surface area contributed by atoms with Gasteiger partial charge in [-0.05, 0) is 32.0 Å². The molecule has 4 nitrogen and oxygen atoms in total. The van der Waals surface area contributed by atoms with Crippen LogP contribution in [0.4, 0.5) is 10.1 Å². The van der Waals surface area contributed by atoms with E-state index in [1.165, 1.54) is 23.9 Å². The number of aromatic nitrogens is 1. The van der Waals surface area contributed by atoms with Gasteiger partial charge in [0.15, 0.2) is 0 Å². The Morgan fingerprint density at radius 3 is 2.90 bits per heavy atom. The van der Waals surface area contributed by atoms with Crippen molar-refractivity contribution in [2.45, 2.75) is 24.9 Å². The summed E-state index contributed by atoms with van der Waals surface area (Å²) in [6.45, 7) is 3.62. The van der Waals surface area contributed by atoms with Gasteiger partial charge in [0, 0.05) is 6.07 Å². The number of carbonyl (C=O) groups excluding carboxylic acids is 1. The Morgan fingerprint density at radius 1 is 1.52 bits per heavy atom. The van der Waals surface area contributed by atoms with E-state index in [0.717, 1.165) is 17.5 Å². The number of carbonyl (C=O) groups is 1. The maximum Gasteiger partial charge on any atom is 0.237 e. The number of aryl methyl sites for hydroxylation is 1. The number of amides is 1. The Hall–Kier alpha value is -1.53. The molecule has 0 radical (unpaired) electrons. The smallest absolute Gasteiger partial charge is 0.237 e. The van der Waals surface area contributed by atoms with E-state index in [2.05, 4.69) is 10.5 Å². The van der Waals surface area contributed by atoms with Gasteiger partial charge in [0.1, 0.15) is 11.6 Å². The topological polar surface area (TPSA) is 55.1 Å². The van der Waals surface area contributed by atoms with Crippen LogP contribution < -0.4 is 5.32 Å². The molecule has 1 N–H and O–H groups in total. The minimum Gasteiger partial charge on any atom is -0.360 e. The monoisotopic (exact) mass is 328 g/mol. The van der Waals surface area contributed by atoms with Crippen LogP contribution in [0.25, 0.3) is 0 Å². The highest BCUT2D eigenvalue weighted by molar-refractivity contribution is 7.99. The number of hydrogen-bond donors (Lipinski definition) is 1. The van der Waals surface area contributed by atoms with Gasteiger partial charge in [0.2, 0.25) is 5.91 Å². The minimum absolute atomic E-state index is 0.173. The molecule has 1 unspecified atom stereocenters. The van der Waals surface area contributed by atoms with Crippen molar-refractivity contribution in [2.75, 3.05) is 5.32 Å². The lowest BCUT2D eigenvalue weighted by Crippen LogP contribution is -2.22. The lowest BCUT2D eigenvalue weighted by Gasteiger charge is -2.12. The minimum atomic E-state index is -0.443. The quantitative estimate of drug-likeness (QED) is 0.900. The molecule has 0 bridgehead atoms. The highest BCUT2D eigenvalue weighted by atomic mass is 35.5. The van der Waals surface area contributed by atoms with E-state index in [0.29, 0.717) is 11.4 Å². The molecule has 2 aromatic rings. The SMILES string of the molecule is Cc1cc(CSC(C)C(=O)Nc2ccc(F)cc2Cl)on1. The van der Waals surface area contributed by atoms with Crippen molar-refractivity contribution in [1.29, 1.82) is 0 Å². The largest absolute Gasteiger partial charge is 0.360 e. The van der Waals surface area contributed by atoms with Crippen molar-refractivity contribution < 1.29 is 13.7 Å². The standard InChI is InChI=1S/C14H14ClFN2O2S/c1-8-5-11(20-18-8)7-21-9(2)14(19)17-13-4-3-10(16)6-12(13)15/h3-6,9H,7H2,1-2H3,(H,17,19). The van der Waals surface area contributed by atoms with Gasteiger partial charge in [0.25, 0.3) is 0 Å². The van der Waals surface area contributed by atoms with Crippen molar-refractivity contribution in [2.24, 2.45) is 0 Å². The van der Waals surface area contributed by atoms with Gasteiger partial charge in [-0.25, -0.2) is 4.39 Å². The zero-order valence-corrected chi connectivity index (χ0v) is 13.1. The van der Waals surface area contributed by atoms with Crippen molar-refractivity contribution in [1.82, 2.24) is 5.16 Å². The van der Waals surface area contributed by atoms with Crippen LogP contribution in [0.2, 0.25) is 5.02 Å². The van der Waals surface area contributed by atoms with Crippen LogP contribution in [-0.4, -0.2) is 16.3 Å². The summed E-state index contributed by atoms with van der Waals surface area (Å²) in [5, 5.41) is 6.32. The van der Waals surface area contributed by atoms with E-state index in [4.69, 9.17) is 16.1 Å². The summed E-state index contributed by atoms with van der Waals surface area (Å²) in [5.41, 5.74) is 1.20. The highest BCUT2D eigenvalue weighted by Gasteiger charge is 2.16. The predicted molar refractivity (Wildman–Crippen MR) is 82.0 cm³/mol. The number of nitrogens with zero attached hydrogens (tertiary/aromatic N) is 1. The molecule has 1 atom stereocenters. The van der Waals surface area contributed by atoms with Crippen LogP contribution in [-0.2, 0) is 10.5 Å². The molecule has 1 amide bonds. The lowest BCUT2D eigenvalue weighted by molar-refractivity contribution is -0.115. The first kappa shape index (κ1) is 15.9. The van der Waals surface area contributed by atoms with Crippen LogP contribution in [0.1, 0.15) is 18.4 Å². The Labute approximate surface area is 131 Å². The van der Waals surface area contributed by atoms with E-state index < -0.39 is 5.82 Å². The number of hydrogen-bond acceptors (Lipinski definition) is 4. The molecule has 21 heavy (non-hydrogen) atoms. The van der Waals surface area contributed by atoms with Gasteiger partial charge in [-0.1, -0.05) is 16.8 Å². The summed E-state index contributed by atoms with van der Waals surface area (Å²) in [6, 6.07) is 5.67. The molecule has 0 aliphatic rings. The van der Waals surface area contributed by atoms with E-state index in [9.17, 15) is 9.18 Å². The first-order valence-corrected chi connectivity index (χ1v) is 7.68. The second-order valence-corrected chi connectivity index (χ2v) is 6.24. The van der Waals surface area contributed by atoms with Gasteiger partial charge in [-0.2, -0.15) is 0 Å². The van der Waals surface area contributed by atoms with Gasteiger partial charge < -0.3 is 9.84 Å². The Bertz CT molecular complexity index is 648. The van der Waals surface area contributed by atoms with E-state index >= 15 is 0 Å². The molecule has 7 heteroatoms. The predicted octanol–water partition coefficient (Wildman–Crippen LogP) is 4.04. The van der Waals surface area contributed by atoms with Crippen LogP contribution in [0.3, 0.4) is 0 Å². The van der Waals surface area contributed by atoms with Crippen molar-refractivity contribution in [3.8, 4) is 0 Å². The van der Waals surface area contributed by atoms with Crippen LogP contribution in [0.5, 0.6) is 0 Å². The fourth-order valence-corrected chi connectivity index (χ4v) is 2.57. The number of rotatable bonds is 5. The van der Waals surface area contributed by atoms with E-state index in [-0.39, 0.29) is 16.2 Å². The molecule has 112 valence electrons. The second kappa shape index (κ2) is 6.95. The number of thioether (sulfide) groups is 1. The maximum absolute atomic E-state index is 12.9. The summed E-state index contributed by atoms with van der Waals surface area (Å²) in [4.78, 5) is 12.0. The van der Waals surface area contributed by atoms with Gasteiger partial charge in [0.05, 0.1) is 27.4 Å². The van der Waals surface area contributed by atoms with Gasteiger partial charge >= 0.3 is 0 Å². The van der Waals surface area contributed by atoms with Crippen LogP contribution in [0, 0.1) is 12.7 Å². The molecule has 0 aliphatic carbocycles. The summed E-state index contributed by atoms with van der Waals surface area (Å²) in [6.07, 6.45) is 0. The zero-order chi connectivity index (χ0) is 15.4. The molecule has 0 aliphatic heterocycles. The van der Waals surface area contributed by atoms with E-state index in [1.54, 1.807) is 6.92 Å². The molecule has 1 aromatic heterocycles. The van der Waals surface area contributed by atoms with Gasteiger partial charge in [-0.3, -0.25) is 4.79 Å². The molecule has 1 heterocycles. The number of anilines is 1.